The number of imide groups is 1. The van der Waals surface area contributed by atoms with Gasteiger partial charge in [-0.25, -0.2) is 19.6 Å². The molecule has 4 bridgehead atoms. The van der Waals surface area contributed by atoms with Gasteiger partial charge in [0.1, 0.15) is 24.4 Å². The number of urea groups is 1. The van der Waals surface area contributed by atoms with Crippen LogP contribution in [0.4, 0.5) is 33.1 Å². The van der Waals surface area contributed by atoms with Crippen LogP contribution in [0.5, 0.6) is 0 Å². The number of thiazole rings is 1. The summed E-state index contributed by atoms with van der Waals surface area (Å²) < 4.78 is 9.86. The summed E-state index contributed by atoms with van der Waals surface area (Å²) in [6.07, 6.45) is 18.4. The Morgan fingerprint density at radius 2 is 1.57 bits per heavy atom. The molecule has 8 N–H and O–H groups in total. The van der Waals surface area contributed by atoms with Crippen molar-refractivity contribution in [3.8, 4) is 11.1 Å². The minimum absolute atomic E-state index is 0.0147. The average molecular weight is 1390 g/mol. The van der Waals surface area contributed by atoms with Crippen LogP contribution in [-0.4, -0.2) is 151 Å². The normalized spacial score (nSPS) is 23.7. The SMILES string of the molecule is Cc1c(Nc2nc3ccccc3s2)nnc2c1CCCN2c1ccc(-c2cnn(CC34CC5(CCC[N+]6(Cc7ccc(NC(=O)[C@H](CCCNC(N)=O)NC(=O)[C@@H](NC(=O)CCOCCN8C(=O)CC(C)C8=O)C(C)C)cc7)CCCCCC6)C[C@@](C)(C3)C[C@](C)(C5)C4)c2C)c(C(=O)O)n1. The molecular weight excluding hydrogens is 1290 g/mol. The van der Waals surface area contributed by atoms with Gasteiger partial charge in [0.15, 0.2) is 22.5 Å². The standard InChI is InChI=1S/C75H99N15O9S/c1-47(2)62(83-60(91)27-35-99-36-31-88-61(92)37-48(3)68(88)95)67(94)80-57(19-14-29-77-70(76)98)66(93)79-52-23-21-51(22-24-52)39-90(32-12-8-9-13-33-90)34-16-28-74-41-72(6)40-73(7,42-74)44-75(43-72,45-74)46-89-50(5)55(38-78-89)54-25-26-59(82-63(54)69(96)97)87-30-15-17-53-49(4)64(85-86-65(53)87)84-71-81-56-18-10-11-20-58(56)100-71/h10-11,18,20-26,38,47-48,57,62H,8-9,12-17,19,27-37,39-46H2,1-7H3,(H7-,76,77,79,80,81,83,84,85,91,93,94,96,97,98)/p+1/t48?,57-,62-,72-,73+,74?,75?/m0/s1. The third-order valence-electron chi connectivity index (χ3n) is 22.3. The van der Waals surface area contributed by atoms with E-state index in [9.17, 15) is 38.7 Å². The number of carbonyl (C=O) groups is 7. The Hall–Kier alpha value is -8.42. The van der Waals surface area contributed by atoms with Crippen molar-refractivity contribution in [2.75, 3.05) is 68.0 Å². The second-order valence-corrected chi connectivity index (χ2v) is 32.2. The monoisotopic (exact) mass is 1390 g/mol. The molecule has 7 atom stereocenters. The summed E-state index contributed by atoms with van der Waals surface area (Å²) in [5.74, 6) is -1.83. The Bertz CT molecular complexity index is 4000. The molecular formula is C75H100N15O9S+. The lowest BCUT2D eigenvalue weighted by atomic mass is 9.35. The minimum atomic E-state index is -1.10. The summed E-state index contributed by atoms with van der Waals surface area (Å²) in [7, 11) is 0. The number of para-hydroxylation sites is 1. The number of nitrogens with two attached hydrogens (primary N) is 1. The minimum Gasteiger partial charge on any atom is -0.476 e. The number of nitrogens with one attached hydrogen (secondary N) is 5. The molecule has 3 unspecified atom stereocenters. The average Bonchev–Trinajstić information content (AvgIpc) is 0.720. The van der Waals surface area contributed by atoms with Crippen LogP contribution in [0.15, 0.2) is 66.9 Å². The lowest BCUT2D eigenvalue weighted by molar-refractivity contribution is -0.940. The number of nitrogens with zero attached hydrogens (tertiary/aromatic N) is 9. The molecule has 2 aromatic carbocycles. The molecule has 25 heteroatoms. The maximum Gasteiger partial charge on any atom is 0.355 e. The van der Waals surface area contributed by atoms with Crippen molar-refractivity contribution in [1.82, 2.24) is 50.8 Å². The number of aromatic nitrogens is 6. The third kappa shape index (κ3) is 16.0. The molecule has 7 amide bonds. The zero-order valence-corrected chi connectivity index (χ0v) is 60.0. The molecule has 4 aliphatic carbocycles. The first-order valence-corrected chi connectivity index (χ1v) is 37.0. The number of quaternary nitrogens is 1. The van der Waals surface area contributed by atoms with Gasteiger partial charge >= 0.3 is 12.0 Å². The number of amides is 7. The molecule has 4 saturated carbocycles. The number of aromatic carboxylic acids is 1. The summed E-state index contributed by atoms with van der Waals surface area (Å²) in [4.78, 5) is 103. The summed E-state index contributed by atoms with van der Waals surface area (Å²) >= 11 is 1.57. The number of fused-ring (bicyclic) bond motifs is 2. The molecule has 0 radical (unpaired) electrons. The van der Waals surface area contributed by atoms with E-state index in [4.69, 9.17) is 30.6 Å². The Morgan fingerprint density at radius 3 is 2.27 bits per heavy atom. The maximum atomic E-state index is 14.2. The second kappa shape index (κ2) is 29.6. The van der Waals surface area contributed by atoms with Gasteiger partial charge in [-0.15, -0.1) is 10.2 Å². The number of primary amides is 1. The fraction of sp³-hybridized carbons (Fsp3) is 0.573. The van der Waals surface area contributed by atoms with Crippen molar-refractivity contribution in [3.05, 3.63) is 94.9 Å². The van der Waals surface area contributed by atoms with Crippen LogP contribution in [0.25, 0.3) is 21.3 Å². The van der Waals surface area contributed by atoms with Crippen LogP contribution in [0.2, 0.25) is 0 Å². The predicted octanol–water partition coefficient (Wildman–Crippen LogP) is 11.0. The molecule has 24 nitrogen and oxygen atoms in total. The maximum absolute atomic E-state index is 14.2. The van der Waals surface area contributed by atoms with E-state index in [1.165, 1.54) is 61.8 Å². The van der Waals surface area contributed by atoms with E-state index in [0.29, 0.717) is 41.7 Å². The number of rotatable bonds is 29. The third-order valence-corrected chi connectivity index (χ3v) is 23.3. The number of ether oxygens (including phenoxy) is 1. The Balaban J connectivity index is 0.681. The Kier molecular flexibility index (Phi) is 21.2. The number of pyridine rings is 1. The van der Waals surface area contributed by atoms with Crippen LogP contribution in [0.1, 0.15) is 177 Å². The van der Waals surface area contributed by atoms with Crippen molar-refractivity contribution in [2.45, 2.75) is 189 Å². The van der Waals surface area contributed by atoms with Crippen molar-refractivity contribution >= 4 is 91.4 Å². The number of carboxylic acids is 1. The van der Waals surface area contributed by atoms with Crippen LogP contribution < -0.4 is 37.2 Å². The topological polar surface area (TPSA) is 311 Å². The van der Waals surface area contributed by atoms with E-state index in [-0.39, 0.29) is 96.6 Å². The van der Waals surface area contributed by atoms with E-state index < -0.39 is 41.8 Å². The molecule has 4 aromatic heterocycles. The molecule has 6 aromatic rings. The first kappa shape index (κ1) is 71.4. The number of carboxylic acid groups (broad SMARTS) is 1. The number of benzene rings is 2. The van der Waals surface area contributed by atoms with Crippen molar-refractivity contribution in [1.29, 1.82) is 0 Å². The van der Waals surface area contributed by atoms with E-state index in [2.05, 4.69) is 69.3 Å². The van der Waals surface area contributed by atoms with Gasteiger partial charge in [0.05, 0.1) is 55.8 Å². The van der Waals surface area contributed by atoms with Crippen molar-refractivity contribution < 1.29 is 47.9 Å². The summed E-state index contributed by atoms with van der Waals surface area (Å²) in [5, 5.41) is 40.7. The first-order valence-electron chi connectivity index (χ1n) is 36.1. The van der Waals surface area contributed by atoms with Gasteiger partial charge in [-0.05, 0) is 181 Å². The highest BCUT2D eigenvalue weighted by molar-refractivity contribution is 7.22. The van der Waals surface area contributed by atoms with Crippen molar-refractivity contribution in [3.63, 3.8) is 0 Å². The zero-order chi connectivity index (χ0) is 70.7. The van der Waals surface area contributed by atoms with E-state index in [1.807, 2.05) is 66.6 Å². The second-order valence-electron chi connectivity index (χ2n) is 31.2. The first-order chi connectivity index (χ1) is 47.8. The number of anilines is 5. The Labute approximate surface area is 589 Å². The molecule has 6 fully saturated rings. The van der Waals surface area contributed by atoms with Crippen LogP contribution in [0, 0.1) is 47.3 Å². The van der Waals surface area contributed by atoms with E-state index in [1.54, 1.807) is 32.1 Å². The molecule has 0 spiro atoms. The highest BCUT2D eigenvalue weighted by Gasteiger charge is 2.65. The van der Waals surface area contributed by atoms with Gasteiger partial charge in [-0.2, -0.15) is 5.10 Å². The quantitative estimate of drug-likeness (QED) is 0.0130. The fourth-order valence-corrected chi connectivity index (χ4v) is 19.9. The number of hydrogen-bond acceptors (Lipinski definition) is 16. The van der Waals surface area contributed by atoms with E-state index in [0.717, 1.165) is 113 Å². The van der Waals surface area contributed by atoms with Crippen LogP contribution in [0.3, 0.4) is 0 Å². The molecule has 2 saturated heterocycles. The van der Waals surface area contributed by atoms with Crippen LogP contribution >= 0.6 is 11.3 Å². The number of carbonyl (C=O) groups excluding carboxylic acids is 6. The van der Waals surface area contributed by atoms with Gasteiger partial charge in [-0.3, -0.25) is 33.6 Å². The van der Waals surface area contributed by atoms with Gasteiger partial charge in [0.25, 0.3) is 0 Å². The van der Waals surface area contributed by atoms with Crippen molar-refractivity contribution in [2.24, 2.45) is 39.2 Å². The highest BCUT2D eigenvalue weighted by Crippen LogP contribution is 2.75. The summed E-state index contributed by atoms with van der Waals surface area (Å²) in [6, 6.07) is 17.2. The summed E-state index contributed by atoms with van der Waals surface area (Å²) in [6.45, 7) is 20.5. The van der Waals surface area contributed by atoms with Gasteiger partial charge in [0, 0.05) is 77.6 Å². The largest absolute Gasteiger partial charge is 0.476 e. The van der Waals surface area contributed by atoms with Crippen LogP contribution in [-0.2, 0) is 48.2 Å². The molecule has 13 rings (SSSR count). The number of likely N-dealkylation sites (tertiary alicyclic amines) is 2. The highest BCUT2D eigenvalue weighted by atomic mass is 32.1. The van der Waals surface area contributed by atoms with E-state index >= 15 is 0 Å². The predicted molar refractivity (Wildman–Crippen MR) is 384 cm³/mol. The smallest absolute Gasteiger partial charge is 0.355 e. The lowest BCUT2D eigenvalue weighted by Gasteiger charge is -2.70. The Morgan fingerprint density at radius 1 is 0.830 bits per heavy atom. The molecule has 100 heavy (non-hydrogen) atoms. The van der Waals surface area contributed by atoms with Gasteiger partial charge < -0.3 is 51.5 Å². The fourth-order valence-electron chi connectivity index (χ4n) is 19.0. The molecule has 534 valence electrons. The number of hydrogen-bond donors (Lipinski definition) is 7. The zero-order valence-electron chi connectivity index (χ0n) is 59.2. The van der Waals surface area contributed by atoms with Gasteiger partial charge in [0.2, 0.25) is 29.5 Å². The van der Waals surface area contributed by atoms with Gasteiger partial charge in [-0.1, -0.05) is 70.2 Å². The molecule has 7 heterocycles. The lowest BCUT2D eigenvalue weighted by Crippen LogP contribution is -2.60. The summed E-state index contributed by atoms with van der Waals surface area (Å²) in [5.41, 5.74) is 13.0. The molecule has 7 aliphatic rings. The molecule has 3 aliphatic heterocycles.